The van der Waals surface area contributed by atoms with Crippen LogP contribution in [-0.4, -0.2) is 36.1 Å². The number of hydrogen-bond acceptors (Lipinski definition) is 5. The van der Waals surface area contributed by atoms with Crippen molar-refractivity contribution in [3.05, 3.63) is 78.2 Å². The molecule has 152 valence electrons. The van der Waals surface area contributed by atoms with Crippen LogP contribution >= 0.6 is 0 Å². The van der Waals surface area contributed by atoms with Gasteiger partial charge in [0.2, 0.25) is 0 Å². The molecule has 2 bridgehead atoms. The van der Waals surface area contributed by atoms with Gasteiger partial charge in [-0.3, -0.25) is 4.79 Å². The molecule has 3 heterocycles. The molecule has 1 amide bonds. The highest BCUT2D eigenvalue weighted by atomic mass is 19.1. The van der Waals surface area contributed by atoms with Gasteiger partial charge in [-0.1, -0.05) is 12.1 Å². The molecule has 6 nitrogen and oxygen atoms in total. The Morgan fingerprint density at radius 1 is 1.00 bits per heavy atom. The first-order valence-corrected chi connectivity index (χ1v) is 9.99. The lowest BCUT2D eigenvalue weighted by atomic mass is 10.2. The SMILES string of the molecule is Nc1ccccc1NC(=O)c1ccc(N2C[C@@H]3C[C@H]2CN3c2ccc(F)cc2)nc1. The number of benzene rings is 2. The first-order chi connectivity index (χ1) is 14.6. The van der Waals surface area contributed by atoms with Crippen molar-refractivity contribution < 1.29 is 9.18 Å². The predicted octanol–water partition coefficient (Wildman–Crippen LogP) is 3.52. The van der Waals surface area contributed by atoms with Gasteiger partial charge in [-0.2, -0.15) is 0 Å². The number of carbonyl (C=O) groups is 1. The molecule has 0 aliphatic carbocycles. The standard InChI is InChI=1S/C23H22FN5O/c24-16-6-8-17(9-7-16)28-13-19-11-18(28)14-29(19)22-10-5-15(12-26-22)23(30)27-21-4-2-1-3-20(21)25/h1-10,12,18-19H,11,13-14,25H2,(H,27,30)/t18-,19-/m0/s1. The minimum atomic E-state index is -0.239. The molecule has 2 fully saturated rings. The summed E-state index contributed by atoms with van der Waals surface area (Å²) in [4.78, 5) is 21.7. The van der Waals surface area contributed by atoms with Crippen molar-refractivity contribution >= 4 is 28.8 Å². The Morgan fingerprint density at radius 2 is 1.73 bits per heavy atom. The maximum absolute atomic E-state index is 13.2. The molecular formula is C23H22FN5O. The number of nitrogens with two attached hydrogens (primary N) is 1. The van der Waals surface area contributed by atoms with Crippen molar-refractivity contribution in [3.63, 3.8) is 0 Å². The van der Waals surface area contributed by atoms with Crippen LogP contribution in [0.25, 0.3) is 0 Å². The smallest absolute Gasteiger partial charge is 0.257 e. The molecule has 3 aromatic rings. The molecule has 2 saturated heterocycles. The van der Waals surface area contributed by atoms with Gasteiger partial charge in [0.15, 0.2) is 0 Å². The number of nitrogens with one attached hydrogen (secondary N) is 1. The monoisotopic (exact) mass is 403 g/mol. The van der Waals surface area contributed by atoms with E-state index in [1.165, 1.54) is 12.1 Å². The fourth-order valence-corrected chi connectivity index (χ4v) is 4.39. The van der Waals surface area contributed by atoms with Gasteiger partial charge in [-0.15, -0.1) is 0 Å². The molecule has 1 aromatic heterocycles. The van der Waals surface area contributed by atoms with Crippen molar-refractivity contribution in [2.24, 2.45) is 0 Å². The quantitative estimate of drug-likeness (QED) is 0.652. The number of pyridine rings is 1. The van der Waals surface area contributed by atoms with Crippen LogP contribution in [0.4, 0.5) is 27.3 Å². The van der Waals surface area contributed by atoms with Crippen LogP contribution in [0.15, 0.2) is 66.9 Å². The molecular weight excluding hydrogens is 381 g/mol. The number of nitrogens with zero attached hydrogens (tertiary/aromatic N) is 3. The van der Waals surface area contributed by atoms with Gasteiger partial charge in [-0.25, -0.2) is 9.37 Å². The Bertz CT molecular complexity index is 1070. The normalized spacial score (nSPS) is 19.9. The molecule has 3 N–H and O–H groups in total. The number of anilines is 4. The van der Waals surface area contributed by atoms with E-state index in [9.17, 15) is 9.18 Å². The van der Waals surface area contributed by atoms with Gasteiger partial charge < -0.3 is 20.9 Å². The lowest BCUT2D eigenvalue weighted by Gasteiger charge is -2.36. The van der Waals surface area contributed by atoms with Gasteiger partial charge in [0.05, 0.1) is 23.0 Å². The number of nitrogen functional groups attached to an aromatic ring is 1. The third-order valence-electron chi connectivity index (χ3n) is 5.91. The van der Waals surface area contributed by atoms with E-state index in [-0.39, 0.29) is 11.7 Å². The van der Waals surface area contributed by atoms with E-state index in [1.54, 1.807) is 24.4 Å². The fraction of sp³-hybridized carbons (Fsp3) is 0.217. The van der Waals surface area contributed by atoms with Crippen LogP contribution < -0.4 is 20.9 Å². The van der Waals surface area contributed by atoms with Gasteiger partial charge in [0.25, 0.3) is 5.91 Å². The lowest BCUT2D eigenvalue weighted by Crippen LogP contribution is -2.46. The van der Waals surface area contributed by atoms with Crippen LogP contribution in [0, 0.1) is 5.82 Å². The Labute approximate surface area is 174 Å². The Balaban J connectivity index is 1.25. The van der Waals surface area contributed by atoms with Crippen LogP contribution in [-0.2, 0) is 0 Å². The van der Waals surface area contributed by atoms with Gasteiger partial charge in [0.1, 0.15) is 11.6 Å². The van der Waals surface area contributed by atoms with Crippen molar-refractivity contribution in [2.45, 2.75) is 18.5 Å². The molecule has 7 heteroatoms. The van der Waals surface area contributed by atoms with Crippen LogP contribution in [0.5, 0.6) is 0 Å². The highest BCUT2D eigenvalue weighted by Crippen LogP contribution is 2.36. The van der Waals surface area contributed by atoms with Gasteiger partial charge in [0, 0.05) is 31.0 Å². The minimum absolute atomic E-state index is 0.215. The van der Waals surface area contributed by atoms with E-state index in [0.29, 0.717) is 29.0 Å². The largest absolute Gasteiger partial charge is 0.397 e. The summed E-state index contributed by atoms with van der Waals surface area (Å²) in [6.45, 7) is 1.74. The summed E-state index contributed by atoms with van der Waals surface area (Å²) in [5.41, 5.74) is 8.54. The number of amides is 1. The maximum atomic E-state index is 13.2. The first-order valence-electron chi connectivity index (χ1n) is 9.99. The molecule has 0 unspecified atom stereocenters. The minimum Gasteiger partial charge on any atom is -0.397 e. The third-order valence-corrected chi connectivity index (χ3v) is 5.91. The molecule has 2 aromatic carbocycles. The fourth-order valence-electron chi connectivity index (χ4n) is 4.39. The summed E-state index contributed by atoms with van der Waals surface area (Å²) in [5.74, 6) is 0.419. The van der Waals surface area contributed by atoms with Crippen molar-refractivity contribution in [1.82, 2.24) is 4.98 Å². The molecule has 30 heavy (non-hydrogen) atoms. The summed E-state index contributed by atoms with van der Waals surface area (Å²) in [7, 11) is 0. The van der Waals surface area contributed by atoms with E-state index in [1.807, 2.05) is 30.3 Å². The summed E-state index contributed by atoms with van der Waals surface area (Å²) < 4.78 is 13.2. The van der Waals surface area contributed by atoms with Crippen molar-refractivity contribution in [2.75, 3.05) is 33.9 Å². The van der Waals surface area contributed by atoms with Gasteiger partial charge in [-0.05, 0) is 55.0 Å². The number of fused-ring (bicyclic) bond motifs is 2. The highest BCUT2D eigenvalue weighted by Gasteiger charge is 2.43. The van der Waals surface area contributed by atoms with Crippen molar-refractivity contribution in [1.29, 1.82) is 0 Å². The third kappa shape index (κ3) is 3.32. The van der Waals surface area contributed by atoms with Gasteiger partial charge >= 0.3 is 0 Å². The average Bonchev–Trinajstić information content (AvgIpc) is 3.37. The molecule has 2 aliphatic rings. The predicted molar refractivity (Wildman–Crippen MR) is 116 cm³/mol. The van der Waals surface area contributed by atoms with E-state index in [2.05, 4.69) is 20.1 Å². The van der Waals surface area contributed by atoms with E-state index in [4.69, 9.17) is 5.73 Å². The summed E-state index contributed by atoms with van der Waals surface area (Å²) in [6, 6.07) is 18.3. The highest BCUT2D eigenvalue weighted by molar-refractivity contribution is 6.05. The molecule has 0 saturated carbocycles. The number of aromatic nitrogens is 1. The summed E-state index contributed by atoms with van der Waals surface area (Å²) in [5, 5.41) is 2.82. The second-order valence-corrected chi connectivity index (χ2v) is 7.77. The Hall–Kier alpha value is -3.61. The Kier molecular flexibility index (Phi) is 4.50. The summed E-state index contributed by atoms with van der Waals surface area (Å²) >= 11 is 0. The summed E-state index contributed by atoms with van der Waals surface area (Å²) in [6.07, 6.45) is 2.65. The number of carbonyl (C=O) groups excluding carboxylic acids is 1. The number of halogens is 1. The van der Waals surface area contributed by atoms with E-state index >= 15 is 0 Å². The average molecular weight is 403 g/mol. The molecule has 2 atom stereocenters. The van der Waals surface area contributed by atoms with E-state index in [0.717, 1.165) is 31.0 Å². The number of hydrogen-bond donors (Lipinski definition) is 2. The second kappa shape index (κ2) is 7.33. The number of rotatable bonds is 4. The van der Waals surface area contributed by atoms with Crippen LogP contribution in [0.3, 0.4) is 0 Å². The number of piperazine rings is 1. The zero-order chi connectivity index (χ0) is 20.7. The molecule has 5 rings (SSSR count). The zero-order valence-corrected chi connectivity index (χ0v) is 16.3. The first kappa shape index (κ1) is 18.4. The van der Waals surface area contributed by atoms with Crippen LogP contribution in [0.1, 0.15) is 16.8 Å². The lowest BCUT2D eigenvalue weighted by molar-refractivity contribution is 0.102. The Morgan fingerprint density at radius 3 is 2.40 bits per heavy atom. The second-order valence-electron chi connectivity index (χ2n) is 7.77. The molecule has 0 radical (unpaired) electrons. The van der Waals surface area contributed by atoms with Crippen LogP contribution in [0.2, 0.25) is 0 Å². The van der Waals surface area contributed by atoms with E-state index < -0.39 is 0 Å². The molecule has 2 aliphatic heterocycles. The van der Waals surface area contributed by atoms with Crippen molar-refractivity contribution in [3.8, 4) is 0 Å². The molecule has 0 spiro atoms. The topological polar surface area (TPSA) is 74.5 Å². The zero-order valence-electron chi connectivity index (χ0n) is 16.3. The number of para-hydroxylation sites is 2. The maximum Gasteiger partial charge on any atom is 0.257 e.